The number of hydrogen-bond donors (Lipinski definition) is 1. The lowest BCUT2D eigenvalue weighted by Gasteiger charge is -2.31. The van der Waals surface area contributed by atoms with Gasteiger partial charge in [-0.25, -0.2) is 4.98 Å². The van der Waals surface area contributed by atoms with Crippen molar-refractivity contribution in [1.82, 2.24) is 14.5 Å². The van der Waals surface area contributed by atoms with Crippen LogP contribution in [0.2, 0.25) is 0 Å². The van der Waals surface area contributed by atoms with Crippen LogP contribution in [0.4, 0.5) is 0 Å². The van der Waals surface area contributed by atoms with Gasteiger partial charge in [-0.3, -0.25) is 14.2 Å². The predicted molar refractivity (Wildman–Crippen MR) is 150 cm³/mol. The molecule has 1 aromatic heterocycles. The molecule has 0 fully saturated rings. The number of methoxy groups -OCH3 is 1. The molecule has 0 saturated heterocycles. The second-order valence-electron chi connectivity index (χ2n) is 10.6. The van der Waals surface area contributed by atoms with Crippen molar-refractivity contribution >= 4 is 16.8 Å². The number of fused-ring (bicyclic) bond motifs is 1. The fourth-order valence-corrected chi connectivity index (χ4v) is 4.57. The predicted octanol–water partition coefficient (Wildman–Crippen LogP) is 5.06. The Morgan fingerprint density at radius 1 is 1.05 bits per heavy atom. The van der Waals surface area contributed by atoms with Crippen LogP contribution in [-0.4, -0.2) is 47.2 Å². The van der Waals surface area contributed by atoms with Crippen LogP contribution < -0.4 is 11.3 Å². The van der Waals surface area contributed by atoms with Crippen LogP contribution in [0.5, 0.6) is 0 Å². The largest absolute Gasteiger partial charge is 0.383 e. The SMILES string of the molecule is COCCn1c(C(C)N(CCCCCCN)C(=O)c2ccc(C(C)(C)C)cc2)nc2ccccc2c1=O. The Morgan fingerprint density at radius 2 is 1.73 bits per heavy atom. The van der Waals surface area contributed by atoms with Crippen LogP contribution in [0.1, 0.15) is 81.2 Å². The number of nitrogens with zero attached hydrogens (tertiary/aromatic N) is 3. The summed E-state index contributed by atoms with van der Waals surface area (Å²) in [6.07, 6.45) is 3.84. The van der Waals surface area contributed by atoms with Gasteiger partial charge in [0.05, 0.1) is 30.1 Å². The molecule has 0 spiro atoms. The minimum absolute atomic E-state index is 0.00395. The van der Waals surface area contributed by atoms with Crippen molar-refractivity contribution in [2.24, 2.45) is 5.73 Å². The average Bonchev–Trinajstić information content (AvgIpc) is 2.89. The number of ether oxygens (including phenoxy) is 1. The van der Waals surface area contributed by atoms with Gasteiger partial charge in [-0.15, -0.1) is 0 Å². The van der Waals surface area contributed by atoms with Crippen LogP contribution >= 0.6 is 0 Å². The molecule has 200 valence electrons. The van der Waals surface area contributed by atoms with Crippen LogP contribution in [0.3, 0.4) is 0 Å². The highest BCUT2D eigenvalue weighted by molar-refractivity contribution is 5.94. The van der Waals surface area contributed by atoms with Gasteiger partial charge in [0.25, 0.3) is 11.5 Å². The van der Waals surface area contributed by atoms with Crippen molar-refractivity contribution < 1.29 is 9.53 Å². The Hall–Kier alpha value is -3.03. The lowest BCUT2D eigenvalue weighted by atomic mass is 9.86. The maximum Gasteiger partial charge on any atom is 0.261 e. The Balaban J connectivity index is 2.01. The fraction of sp³-hybridized carbons (Fsp3) is 0.500. The van der Waals surface area contributed by atoms with E-state index < -0.39 is 6.04 Å². The summed E-state index contributed by atoms with van der Waals surface area (Å²) in [4.78, 5) is 34.1. The molecule has 3 rings (SSSR count). The number of carbonyl (C=O) groups is 1. The molecular formula is C30H42N4O3. The maximum atomic E-state index is 13.9. The second-order valence-corrected chi connectivity index (χ2v) is 10.6. The van der Waals surface area contributed by atoms with E-state index in [9.17, 15) is 9.59 Å². The molecule has 0 radical (unpaired) electrons. The molecule has 37 heavy (non-hydrogen) atoms. The molecule has 1 amide bonds. The Morgan fingerprint density at radius 3 is 2.38 bits per heavy atom. The van der Waals surface area contributed by atoms with Gasteiger partial charge in [-0.2, -0.15) is 0 Å². The summed E-state index contributed by atoms with van der Waals surface area (Å²) >= 11 is 0. The monoisotopic (exact) mass is 506 g/mol. The van der Waals surface area contributed by atoms with Crippen LogP contribution in [0, 0.1) is 0 Å². The third-order valence-electron chi connectivity index (χ3n) is 6.86. The van der Waals surface area contributed by atoms with E-state index in [0.29, 0.717) is 48.5 Å². The first-order valence-electron chi connectivity index (χ1n) is 13.3. The molecule has 3 aromatic rings. The third-order valence-corrected chi connectivity index (χ3v) is 6.86. The number of nitrogens with two attached hydrogens (primary N) is 1. The first-order valence-corrected chi connectivity index (χ1v) is 13.3. The normalized spacial score (nSPS) is 12.6. The number of hydrogen-bond acceptors (Lipinski definition) is 5. The first-order chi connectivity index (χ1) is 17.7. The van der Waals surface area contributed by atoms with E-state index in [1.54, 1.807) is 17.7 Å². The molecule has 0 saturated carbocycles. The zero-order valence-corrected chi connectivity index (χ0v) is 23.0. The quantitative estimate of drug-likeness (QED) is 0.347. The number of unbranched alkanes of at least 4 members (excludes halogenated alkanes) is 3. The van der Waals surface area contributed by atoms with Gasteiger partial charge in [0.2, 0.25) is 0 Å². The minimum atomic E-state index is -0.404. The maximum absolute atomic E-state index is 13.9. The third kappa shape index (κ3) is 7.05. The summed E-state index contributed by atoms with van der Waals surface area (Å²) in [5, 5.41) is 0.562. The van der Waals surface area contributed by atoms with Crippen molar-refractivity contribution in [2.75, 3.05) is 26.8 Å². The van der Waals surface area contributed by atoms with Gasteiger partial charge in [0.15, 0.2) is 0 Å². The molecule has 1 atom stereocenters. The summed E-state index contributed by atoms with van der Waals surface area (Å²) in [6.45, 7) is 10.4. The topological polar surface area (TPSA) is 90.4 Å². The number of amides is 1. The van der Waals surface area contributed by atoms with Crippen molar-refractivity contribution in [3.8, 4) is 0 Å². The van der Waals surface area contributed by atoms with E-state index in [1.165, 1.54) is 5.56 Å². The highest BCUT2D eigenvalue weighted by Gasteiger charge is 2.27. The van der Waals surface area contributed by atoms with E-state index in [0.717, 1.165) is 25.7 Å². The molecule has 7 nitrogen and oxygen atoms in total. The van der Waals surface area contributed by atoms with Crippen LogP contribution in [0.25, 0.3) is 10.9 Å². The lowest BCUT2D eigenvalue weighted by molar-refractivity contribution is 0.0673. The van der Waals surface area contributed by atoms with Gasteiger partial charge >= 0.3 is 0 Å². The van der Waals surface area contributed by atoms with Crippen LogP contribution in [0.15, 0.2) is 53.3 Å². The summed E-state index contributed by atoms with van der Waals surface area (Å²) in [5.74, 6) is 0.509. The highest BCUT2D eigenvalue weighted by atomic mass is 16.5. The Kier molecular flexibility index (Phi) is 10.0. The molecule has 0 aliphatic rings. The summed E-state index contributed by atoms with van der Waals surface area (Å²) < 4.78 is 6.95. The number of carbonyl (C=O) groups excluding carboxylic acids is 1. The van der Waals surface area contributed by atoms with Gasteiger partial charge in [0, 0.05) is 19.2 Å². The van der Waals surface area contributed by atoms with Gasteiger partial charge in [-0.05, 0) is 61.6 Å². The van der Waals surface area contributed by atoms with Crippen molar-refractivity contribution in [1.29, 1.82) is 0 Å². The average molecular weight is 507 g/mol. The lowest BCUT2D eigenvalue weighted by Crippen LogP contribution is -2.39. The molecular weight excluding hydrogens is 464 g/mol. The molecule has 7 heteroatoms. The van der Waals surface area contributed by atoms with Crippen molar-refractivity contribution in [3.63, 3.8) is 0 Å². The molecule has 2 N–H and O–H groups in total. The molecule has 2 aromatic carbocycles. The first kappa shape index (κ1) is 28.5. The number of benzene rings is 2. The second kappa shape index (κ2) is 13.0. The highest BCUT2D eigenvalue weighted by Crippen LogP contribution is 2.26. The molecule has 0 aliphatic carbocycles. The van der Waals surface area contributed by atoms with Gasteiger partial charge in [0.1, 0.15) is 5.82 Å². The van der Waals surface area contributed by atoms with E-state index in [2.05, 4.69) is 20.8 Å². The van der Waals surface area contributed by atoms with E-state index in [1.807, 2.05) is 54.3 Å². The molecule has 0 aliphatic heterocycles. The molecule has 1 unspecified atom stereocenters. The zero-order valence-electron chi connectivity index (χ0n) is 23.0. The van der Waals surface area contributed by atoms with E-state index in [-0.39, 0.29) is 16.9 Å². The fourth-order valence-electron chi connectivity index (χ4n) is 4.57. The van der Waals surface area contributed by atoms with E-state index >= 15 is 0 Å². The van der Waals surface area contributed by atoms with Crippen molar-refractivity contribution in [3.05, 3.63) is 75.8 Å². The van der Waals surface area contributed by atoms with Crippen LogP contribution in [-0.2, 0) is 16.7 Å². The van der Waals surface area contributed by atoms with Crippen molar-refractivity contribution in [2.45, 2.75) is 71.4 Å². The minimum Gasteiger partial charge on any atom is -0.383 e. The standard InChI is InChI=1S/C30H42N4O3/c1-22(27-32-26-13-9-8-12-25(26)29(36)34(27)20-21-37-5)33(19-11-7-6-10-18-31)28(35)23-14-16-24(17-15-23)30(2,3)4/h8-9,12-17,22H,6-7,10-11,18-21,31H2,1-5H3. The smallest absolute Gasteiger partial charge is 0.261 e. The Labute approximate surface area is 220 Å². The number of para-hydroxylation sites is 1. The summed E-state index contributed by atoms with van der Waals surface area (Å²) in [7, 11) is 1.61. The summed E-state index contributed by atoms with van der Waals surface area (Å²) in [6, 6.07) is 14.8. The van der Waals surface area contributed by atoms with E-state index in [4.69, 9.17) is 15.5 Å². The Bertz CT molecular complexity index is 1230. The molecule has 0 bridgehead atoms. The van der Waals surface area contributed by atoms with Gasteiger partial charge < -0.3 is 15.4 Å². The van der Waals surface area contributed by atoms with Gasteiger partial charge in [-0.1, -0.05) is 57.9 Å². The number of aromatic nitrogens is 2. The number of rotatable bonds is 12. The summed E-state index contributed by atoms with van der Waals surface area (Å²) in [5.41, 5.74) is 7.99. The zero-order chi connectivity index (χ0) is 27.0. The molecule has 1 heterocycles.